The highest BCUT2D eigenvalue weighted by molar-refractivity contribution is 5.39. The van der Waals surface area contributed by atoms with Gasteiger partial charge in [-0.05, 0) is 45.0 Å². The number of nitrogens with one attached hydrogen (secondary N) is 1. The van der Waals surface area contributed by atoms with E-state index >= 15 is 0 Å². The van der Waals surface area contributed by atoms with Crippen LogP contribution in [-0.2, 0) is 0 Å². The van der Waals surface area contributed by atoms with E-state index in [9.17, 15) is 0 Å². The van der Waals surface area contributed by atoms with Crippen molar-refractivity contribution in [2.24, 2.45) is 0 Å². The molecular formula is C12H19N3. The molecule has 0 spiro atoms. The first-order valence-corrected chi connectivity index (χ1v) is 5.58. The Balaban J connectivity index is 2.28. The normalized spacial score (nSPS) is 21.9. The summed E-state index contributed by atoms with van der Waals surface area (Å²) in [4.78, 5) is 6.95. The average Bonchev–Trinajstić information content (AvgIpc) is 2.64. The smallest absolute Gasteiger partial charge is 0.125 e. The molecule has 82 valence electrons. The molecule has 1 fully saturated rings. The molecule has 1 N–H and O–H groups in total. The quantitative estimate of drug-likeness (QED) is 0.802. The van der Waals surface area contributed by atoms with Gasteiger partial charge in [0.2, 0.25) is 0 Å². The van der Waals surface area contributed by atoms with Gasteiger partial charge >= 0.3 is 0 Å². The SMILES string of the molecule is CNc1ccc([C@H]2CCCN2C)c(C)n1. The van der Waals surface area contributed by atoms with Crippen LogP contribution in [0, 0.1) is 6.92 Å². The van der Waals surface area contributed by atoms with Crippen molar-refractivity contribution in [3.05, 3.63) is 23.4 Å². The lowest BCUT2D eigenvalue weighted by atomic mass is 10.0. The first-order chi connectivity index (χ1) is 7.22. The van der Waals surface area contributed by atoms with Crippen molar-refractivity contribution in [1.29, 1.82) is 0 Å². The number of likely N-dealkylation sites (tertiary alicyclic amines) is 1. The summed E-state index contributed by atoms with van der Waals surface area (Å²) < 4.78 is 0. The predicted octanol–water partition coefficient (Wildman–Crippen LogP) is 2.20. The molecular weight excluding hydrogens is 186 g/mol. The van der Waals surface area contributed by atoms with Gasteiger partial charge in [-0.25, -0.2) is 4.98 Å². The third-order valence-corrected chi connectivity index (χ3v) is 3.26. The van der Waals surface area contributed by atoms with Crippen molar-refractivity contribution in [3.8, 4) is 0 Å². The van der Waals surface area contributed by atoms with E-state index in [1.54, 1.807) is 0 Å². The van der Waals surface area contributed by atoms with Crippen molar-refractivity contribution in [1.82, 2.24) is 9.88 Å². The van der Waals surface area contributed by atoms with Crippen LogP contribution in [0.4, 0.5) is 5.82 Å². The zero-order valence-corrected chi connectivity index (χ0v) is 9.75. The van der Waals surface area contributed by atoms with E-state index in [2.05, 4.69) is 41.3 Å². The molecule has 2 rings (SSSR count). The third kappa shape index (κ3) is 1.97. The Morgan fingerprint density at radius 1 is 1.47 bits per heavy atom. The van der Waals surface area contributed by atoms with Crippen LogP contribution in [0.2, 0.25) is 0 Å². The largest absolute Gasteiger partial charge is 0.373 e. The molecule has 0 aliphatic carbocycles. The van der Waals surface area contributed by atoms with E-state index in [0.29, 0.717) is 6.04 Å². The van der Waals surface area contributed by atoms with Crippen LogP contribution in [-0.4, -0.2) is 30.5 Å². The van der Waals surface area contributed by atoms with E-state index in [1.165, 1.54) is 24.9 Å². The van der Waals surface area contributed by atoms with Crippen LogP contribution in [0.15, 0.2) is 12.1 Å². The number of pyridine rings is 1. The highest BCUT2D eigenvalue weighted by atomic mass is 15.1. The van der Waals surface area contributed by atoms with E-state index in [-0.39, 0.29) is 0 Å². The molecule has 0 amide bonds. The maximum atomic E-state index is 4.53. The third-order valence-electron chi connectivity index (χ3n) is 3.26. The molecule has 1 aliphatic rings. The standard InChI is InChI=1S/C12H19N3/c1-9-10(6-7-12(13-2)14-9)11-5-4-8-15(11)3/h6-7,11H,4-5,8H2,1-3H3,(H,13,14)/t11-/m1/s1. The summed E-state index contributed by atoms with van der Waals surface area (Å²) in [7, 11) is 4.10. The Kier molecular flexibility index (Phi) is 2.91. The molecule has 0 radical (unpaired) electrons. The Hall–Kier alpha value is -1.09. The number of rotatable bonds is 2. The molecule has 1 atom stereocenters. The number of anilines is 1. The number of aromatic nitrogens is 1. The van der Waals surface area contributed by atoms with Gasteiger partial charge in [0.1, 0.15) is 5.82 Å². The summed E-state index contributed by atoms with van der Waals surface area (Å²) in [5, 5.41) is 3.07. The van der Waals surface area contributed by atoms with Crippen LogP contribution in [0.5, 0.6) is 0 Å². The Bertz CT molecular complexity index is 349. The number of hydrogen-bond donors (Lipinski definition) is 1. The lowest BCUT2D eigenvalue weighted by Gasteiger charge is -2.21. The first-order valence-electron chi connectivity index (χ1n) is 5.58. The van der Waals surface area contributed by atoms with E-state index < -0.39 is 0 Å². The summed E-state index contributed by atoms with van der Waals surface area (Å²) in [6.07, 6.45) is 2.56. The molecule has 1 saturated heterocycles. The van der Waals surface area contributed by atoms with Gasteiger partial charge in [0.15, 0.2) is 0 Å². The molecule has 2 heterocycles. The number of aryl methyl sites for hydroxylation is 1. The fraction of sp³-hybridized carbons (Fsp3) is 0.583. The van der Waals surface area contributed by atoms with Crippen molar-refractivity contribution >= 4 is 5.82 Å². The Morgan fingerprint density at radius 3 is 2.80 bits per heavy atom. The van der Waals surface area contributed by atoms with Gasteiger partial charge in [0.05, 0.1) is 0 Å². The van der Waals surface area contributed by atoms with Crippen molar-refractivity contribution in [2.75, 3.05) is 26.0 Å². The summed E-state index contributed by atoms with van der Waals surface area (Å²) in [5.41, 5.74) is 2.54. The Morgan fingerprint density at radius 2 is 2.27 bits per heavy atom. The van der Waals surface area contributed by atoms with Gasteiger partial charge in [-0.2, -0.15) is 0 Å². The van der Waals surface area contributed by atoms with E-state index in [0.717, 1.165) is 11.5 Å². The second-order valence-electron chi connectivity index (χ2n) is 4.26. The molecule has 0 bridgehead atoms. The highest BCUT2D eigenvalue weighted by Crippen LogP contribution is 2.31. The molecule has 15 heavy (non-hydrogen) atoms. The van der Waals surface area contributed by atoms with Gasteiger partial charge < -0.3 is 5.32 Å². The summed E-state index contributed by atoms with van der Waals surface area (Å²) >= 11 is 0. The highest BCUT2D eigenvalue weighted by Gasteiger charge is 2.24. The molecule has 0 aromatic carbocycles. The van der Waals surface area contributed by atoms with Crippen molar-refractivity contribution in [2.45, 2.75) is 25.8 Å². The summed E-state index contributed by atoms with van der Waals surface area (Å²) in [6.45, 7) is 3.31. The van der Waals surface area contributed by atoms with Crippen LogP contribution >= 0.6 is 0 Å². The number of hydrogen-bond acceptors (Lipinski definition) is 3. The monoisotopic (exact) mass is 205 g/mol. The maximum absolute atomic E-state index is 4.53. The Labute approximate surface area is 91.5 Å². The fourth-order valence-electron chi connectivity index (χ4n) is 2.37. The first kappa shape index (κ1) is 10.4. The molecule has 0 saturated carbocycles. The van der Waals surface area contributed by atoms with E-state index in [1.807, 2.05) is 7.05 Å². The average molecular weight is 205 g/mol. The van der Waals surface area contributed by atoms with Crippen LogP contribution in [0.25, 0.3) is 0 Å². The van der Waals surface area contributed by atoms with Gasteiger partial charge in [0.25, 0.3) is 0 Å². The van der Waals surface area contributed by atoms with Crippen molar-refractivity contribution in [3.63, 3.8) is 0 Å². The maximum Gasteiger partial charge on any atom is 0.125 e. The summed E-state index contributed by atoms with van der Waals surface area (Å²) in [6, 6.07) is 4.85. The van der Waals surface area contributed by atoms with Crippen molar-refractivity contribution < 1.29 is 0 Å². The van der Waals surface area contributed by atoms with E-state index in [4.69, 9.17) is 0 Å². The lowest BCUT2D eigenvalue weighted by Crippen LogP contribution is -2.18. The molecule has 3 nitrogen and oxygen atoms in total. The zero-order chi connectivity index (χ0) is 10.8. The lowest BCUT2D eigenvalue weighted by molar-refractivity contribution is 0.316. The molecule has 3 heteroatoms. The minimum Gasteiger partial charge on any atom is -0.373 e. The molecule has 1 aromatic rings. The second kappa shape index (κ2) is 4.19. The van der Waals surface area contributed by atoms with Gasteiger partial charge in [-0.3, -0.25) is 4.90 Å². The minimum atomic E-state index is 0.573. The minimum absolute atomic E-state index is 0.573. The zero-order valence-electron chi connectivity index (χ0n) is 9.75. The number of nitrogens with zero attached hydrogens (tertiary/aromatic N) is 2. The van der Waals surface area contributed by atoms with Crippen LogP contribution in [0.1, 0.15) is 30.1 Å². The second-order valence-corrected chi connectivity index (χ2v) is 4.26. The fourth-order valence-corrected chi connectivity index (χ4v) is 2.37. The summed E-state index contributed by atoms with van der Waals surface area (Å²) in [5.74, 6) is 0.955. The predicted molar refractivity (Wildman–Crippen MR) is 63.1 cm³/mol. The van der Waals surface area contributed by atoms with Gasteiger partial charge in [0, 0.05) is 18.8 Å². The topological polar surface area (TPSA) is 28.2 Å². The molecule has 1 aliphatic heterocycles. The molecule has 0 unspecified atom stereocenters. The van der Waals surface area contributed by atoms with Crippen LogP contribution < -0.4 is 5.32 Å². The van der Waals surface area contributed by atoms with Crippen LogP contribution in [0.3, 0.4) is 0 Å². The van der Waals surface area contributed by atoms with Gasteiger partial charge in [-0.15, -0.1) is 0 Å². The molecule has 1 aromatic heterocycles. The van der Waals surface area contributed by atoms with Gasteiger partial charge in [-0.1, -0.05) is 6.07 Å².